The van der Waals surface area contributed by atoms with E-state index >= 15 is 0 Å². The summed E-state index contributed by atoms with van der Waals surface area (Å²) < 4.78 is 79.3. The summed E-state index contributed by atoms with van der Waals surface area (Å²) in [6, 6.07) is 14.8. The van der Waals surface area contributed by atoms with Crippen molar-refractivity contribution in [2.24, 2.45) is 0 Å². The van der Waals surface area contributed by atoms with Gasteiger partial charge in [0.25, 0.3) is 0 Å². The fourth-order valence-electron chi connectivity index (χ4n) is 8.31. The van der Waals surface area contributed by atoms with Gasteiger partial charge in [0.05, 0.1) is 26.0 Å². The van der Waals surface area contributed by atoms with Crippen LogP contribution in [0.5, 0.6) is 0 Å². The number of hydrogen-bond donors (Lipinski definition) is 8. The van der Waals surface area contributed by atoms with Gasteiger partial charge in [0.2, 0.25) is 5.91 Å². The molecule has 2 aliphatic heterocycles. The number of amides is 2. The van der Waals surface area contributed by atoms with Crippen LogP contribution in [0, 0.1) is 5.82 Å². The molecule has 79 heavy (non-hydrogen) atoms. The normalized spacial score (nSPS) is 22.2. The molecule has 10 atom stereocenters. The van der Waals surface area contributed by atoms with Crippen molar-refractivity contribution in [2.75, 3.05) is 56.0 Å². The van der Waals surface area contributed by atoms with Crippen LogP contribution in [0.15, 0.2) is 96.6 Å². The summed E-state index contributed by atoms with van der Waals surface area (Å²) in [5.74, 6) is -1.64. The molecule has 6 heterocycles. The molecule has 0 aliphatic carbocycles. The smallest absolute Gasteiger partial charge is 0.455 e. The molecule has 30 nitrogen and oxygen atoms in total. The fraction of sp³-hybridized carbons (Fsp3) is 0.370. The third kappa shape index (κ3) is 14.3. The number of phosphoric acid groups is 2. The second kappa shape index (κ2) is 24.3. The Morgan fingerprint density at radius 3 is 2.13 bits per heavy atom. The first-order chi connectivity index (χ1) is 37.4. The highest BCUT2D eigenvalue weighted by atomic mass is 31.2. The number of pyridine rings is 1. The highest BCUT2D eigenvalue weighted by Crippen LogP contribution is 2.50. The Morgan fingerprint density at radius 1 is 0.823 bits per heavy atom. The molecule has 2 saturated heterocycles. The first-order valence-electron chi connectivity index (χ1n) is 23.6. The van der Waals surface area contributed by atoms with Gasteiger partial charge >= 0.3 is 33.4 Å². The first kappa shape index (κ1) is 57.8. The van der Waals surface area contributed by atoms with Crippen molar-refractivity contribution >= 4 is 67.9 Å². The lowest BCUT2D eigenvalue weighted by molar-refractivity contribution is -0.162. The monoisotopic (exact) mass is 1140 g/mol. The minimum absolute atomic E-state index is 0.00986. The molecule has 8 rings (SSSR count). The Morgan fingerprint density at radius 2 is 1.47 bits per heavy atom. The number of halogens is 1. The topological polar surface area (TPSA) is 413 Å². The van der Waals surface area contributed by atoms with Gasteiger partial charge in [-0.3, -0.25) is 32.4 Å². The average Bonchev–Trinajstić information content (AvgIpc) is 4.07. The molecule has 422 valence electrons. The van der Waals surface area contributed by atoms with Gasteiger partial charge in [0, 0.05) is 45.6 Å². The number of phosphoric ester groups is 2. The number of nitrogens with one attached hydrogen (secondary N) is 1. The number of anilines is 4. The lowest BCUT2D eigenvalue weighted by Gasteiger charge is -2.29. The summed E-state index contributed by atoms with van der Waals surface area (Å²) in [6.45, 7) is -2.41. The Kier molecular flexibility index (Phi) is 17.8. The van der Waals surface area contributed by atoms with Crippen LogP contribution < -0.4 is 27.4 Å². The molecule has 0 bridgehead atoms. The van der Waals surface area contributed by atoms with Crippen LogP contribution in [-0.4, -0.2) is 159 Å². The minimum atomic E-state index is -5.52. The van der Waals surface area contributed by atoms with Gasteiger partial charge in [0.1, 0.15) is 72.5 Å². The molecular weight excluding hydrogens is 1090 g/mol. The number of nitrogens with zero attached hydrogens (tertiary/aromatic N) is 9. The number of aliphatic hydroxyl groups excluding tert-OH is 2. The van der Waals surface area contributed by atoms with Crippen molar-refractivity contribution in [3.05, 3.63) is 125 Å². The van der Waals surface area contributed by atoms with Crippen molar-refractivity contribution < 1.29 is 85.3 Å². The zero-order valence-corrected chi connectivity index (χ0v) is 43.7. The van der Waals surface area contributed by atoms with E-state index in [0.29, 0.717) is 28.2 Å². The van der Waals surface area contributed by atoms with Crippen molar-refractivity contribution in [3.63, 3.8) is 0 Å². The van der Waals surface area contributed by atoms with Crippen molar-refractivity contribution in [1.29, 1.82) is 0 Å². The number of fused-ring (bicyclic) bond motifs is 1. The molecule has 2 aliphatic rings. The van der Waals surface area contributed by atoms with Gasteiger partial charge in [-0.15, -0.1) is 0 Å². The highest BCUT2D eigenvalue weighted by Gasteiger charge is 2.52. The maximum Gasteiger partial charge on any atom is 0.472 e. The van der Waals surface area contributed by atoms with E-state index in [9.17, 15) is 57.6 Å². The van der Waals surface area contributed by atoms with Crippen molar-refractivity contribution in [2.45, 2.75) is 74.6 Å². The summed E-state index contributed by atoms with van der Waals surface area (Å²) in [5, 5.41) is 26.0. The molecule has 1 unspecified atom stereocenters. The van der Waals surface area contributed by atoms with E-state index in [1.54, 1.807) is 55.4 Å². The number of carbonyl (C=O) groups is 3. The average molecular weight is 1140 g/mol. The molecule has 10 N–H and O–H groups in total. The number of benzene rings is 2. The lowest BCUT2D eigenvalue weighted by atomic mass is 10.1. The number of aliphatic hydroxyl groups is 2. The van der Waals surface area contributed by atoms with Gasteiger partial charge in [-0.2, -0.15) is 4.98 Å². The number of rotatable bonds is 21. The number of carbonyl (C=O) groups excluding carboxylic acids is 3. The number of ether oxygens (including phenoxy) is 4. The van der Waals surface area contributed by atoms with Gasteiger partial charge in [0.15, 0.2) is 30.0 Å². The zero-order chi connectivity index (χ0) is 56.9. The number of hydrogen-bond acceptors (Lipinski definition) is 23. The number of nitrogens with two attached hydrogens (primary N) is 2. The van der Waals surface area contributed by atoms with E-state index < -0.39 is 108 Å². The number of aromatic nitrogens is 7. The molecule has 4 aromatic heterocycles. The third-order valence-corrected chi connectivity index (χ3v) is 13.8. The summed E-state index contributed by atoms with van der Waals surface area (Å²) in [7, 11) is -5.97. The minimum Gasteiger partial charge on any atom is -0.455 e. The first-order valence-corrected chi connectivity index (χ1v) is 26.6. The van der Waals surface area contributed by atoms with E-state index in [1.165, 1.54) is 48.4 Å². The Labute approximate surface area is 446 Å². The summed E-state index contributed by atoms with van der Waals surface area (Å²) >= 11 is 0. The second-order valence-corrected chi connectivity index (χ2v) is 20.8. The molecule has 2 amide bonds. The number of nitrogen functional groups attached to an aromatic ring is 2. The molecule has 0 spiro atoms. The predicted molar refractivity (Wildman–Crippen MR) is 270 cm³/mol. The quantitative estimate of drug-likeness (QED) is 0.0367. The maximum atomic E-state index is 14.6. The van der Waals surface area contributed by atoms with E-state index in [-0.39, 0.29) is 48.2 Å². The molecule has 0 saturated carbocycles. The van der Waals surface area contributed by atoms with Crippen molar-refractivity contribution in [3.8, 4) is 0 Å². The van der Waals surface area contributed by atoms with E-state index in [2.05, 4.69) is 34.8 Å². The van der Waals surface area contributed by atoms with Crippen LogP contribution in [0.1, 0.15) is 29.1 Å². The predicted octanol–water partition coefficient (Wildman–Crippen LogP) is 0.949. The number of likely N-dealkylation sites (N-methyl/N-ethyl adjacent to an activating group) is 1. The van der Waals surface area contributed by atoms with E-state index in [0.717, 1.165) is 28.1 Å². The van der Waals surface area contributed by atoms with E-state index in [1.807, 2.05) is 0 Å². The van der Waals surface area contributed by atoms with Crippen LogP contribution in [0.3, 0.4) is 0 Å². The lowest BCUT2D eigenvalue weighted by Crippen LogP contribution is -2.48. The SMILES string of the molecule is CN(C)c1ccc(C[C@@H](C(=O)O[C@H]2[C@@H](O)[C@H](n3cnc4c(N)ncnc43)O[C@@H]2COP(=O)(O)O[C@H]2[C@@H](O)[C@H](n3ccc(N)nc3=O)O[C@@H]2COP(=O)(O)O)N(C)C(=O)OCc2ccc(NC(=O)Cc3ccc(F)cc3)cc2)cn1. The van der Waals surface area contributed by atoms with Gasteiger partial charge in [-0.05, 0) is 53.1 Å². The molecule has 2 fully saturated rings. The molecule has 0 radical (unpaired) electrons. The van der Waals surface area contributed by atoms with Gasteiger partial charge < -0.3 is 65.5 Å². The molecule has 33 heteroatoms. The summed E-state index contributed by atoms with van der Waals surface area (Å²) in [4.78, 5) is 107. The zero-order valence-electron chi connectivity index (χ0n) is 41.9. The summed E-state index contributed by atoms with van der Waals surface area (Å²) in [5.41, 5.74) is 12.6. The largest absolute Gasteiger partial charge is 0.472 e. The Bertz CT molecular complexity index is 3300. The number of esters is 1. The van der Waals surface area contributed by atoms with Crippen LogP contribution in [0.2, 0.25) is 0 Å². The third-order valence-electron chi connectivity index (χ3n) is 12.3. The van der Waals surface area contributed by atoms with Crippen molar-refractivity contribution in [1.82, 2.24) is 39.0 Å². The standard InChI is InChI=1S/C46H53FN12O18P2/c1-56(2)33-13-8-26(18-50-33)16-29(57(3)46(65)71-19-25-6-11-28(12-7-25)54-34(60)17-24-4-9-27(47)10-5-24)44(63)76-38-30(74-43(36(38)61)59-23-53-35-40(49)51-22-52-41(35)59)21-73-79(69,70)77-39-31(20-72-78(66,67)68)75-42(37(39)62)58-15-14-32(48)55-45(58)64/h4-15,18,22-23,29-31,36-39,42-43,61-62H,16-17,19-21H2,1-3H3,(H,54,60)(H,69,70)(H2,48,55,64)(H2,49,51,52)(H2,66,67,68)/t29-,30+,31+,36+,37+,38+,39+,42+,43+/m0/s1. The molecule has 6 aromatic rings. The van der Waals surface area contributed by atoms with Crippen LogP contribution in [-0.2, 0) is 70.7 Å². The van der Waals surface area contributed by atoms with Gasteiger partial charge in [-0.1, -0.05) is 30.3 Å². The van der Waals surface area contributed by atoms with Crippen LogP contribution in [0.4, 0.5) is 32.3 Å². The fourth-order valence-corrected chi connectivity index (χ4v) is 9.61. The number of imidazole rings is 1. The van der Waals surface area contributed by atoms with E-state index in [4.69, 9.17) is 39.5 Å². The summed E-state index contributed by atoms with van der Waals surface area (Å²) in [6.07, 6.45) is -10.9. The molecule has 2 aromatic carbocycles. The Balaban J connectivity index is 1.01. The van der Waals surface area contributed by atoms with Crippen LogP contribution >= 0.6 is 15.6 Å². The van der Waals surface area contributed by atoms with Crippen LogP contribution in [0.25, 0.3) is 11.2 Å². The Hall–Kier alpha value is -7.38. The second-order valence-electron chi connectivity index (χ2n) is 18.1. The van der Waals surface area contributed by atoms with Gasteiger partial charge in [-0.25, -0.2) is 47.8 Å². The molecular formula is C46H53FN12O18P2. The maximum absolute atomic E-state index is 14.6. The highest BCUT2D eigenvalue weighted by molar-refractivity contribution is 7.47.